The van der Waals surface area contributed by atoms with Crippen molar-refractivity contribution in [2.24, 2.45) is 0 Å². The molecule has 1 atom stereocenters. The number of fused-ring (bicyclic) bond motifs is 1. The molecular weight excluding hydrogens is 477 g/mol. The first kappa shape index (κ1) is 21.7. The molecule has 1 heterocycles. The average molecular weight is 496 g/mol. The van der Waals surface area contributed by atoms with Crippen LogP contribution < -0.4 is 5.32 Å². The molecule has 1 aromatic heterocycles. The molecule has 0 aliphatic heterocycles. The smallest absolute Gasteiger partial charge is 0.338 e. The van der Waals surface area contributed by atoms with Gasteiger partial charge in [0.1, 0.15) is 11.6 Å². The van der Waals surface area contributed by atoms with Crippen molar-refractivity contribution in [3.63, 3.8) is 0 Å². The van der Waals surface area contributed by atoms with Crippen LogP contribution >= 0.6 is 15.9 Å². The second kappa shape index (κ2) is 9.32. The number of H-pyrrole nitrogens is 1. The van der Waals surface area contributed by atoms with Crippen LogP contribution in [-0.4, -0.2) is 27.9 Å². The summed E-state index contributed by atoms with van der Waals surface area (Å²) in [5, 5.41) is 2.47. The van der Waals surface area contributed by atoms with E-state index in [1.807, 2.05) is 30.3 Å². The van der Waals surface area contributed by atoms with Gasteiger partial charge >= 0.3 is 5.97 Å². The maximum Gasteiger partial charge on any atom is 0.338 e. The molecule has 4 aromatic rings. The van der Waals surface area contributed by atoms with Gasteiger partial charge in [-0.15, -0.1) is 0 Å². The molecule has 0 radical (unpaired) electrons. The Morgan fingerprint density at radius 2 is 1.91 bits per heavy atom. The van der Waals surface area contributed by atoms with Crippen molar-refractivity contribution in [1.29, 1.82) is 0 Å². The number of hydrogen-bond acceptors (Lipinski definition) is 4. The van der Waals surface area contributed by atoms with Crippen molar-refractivity contribution >= 4 is 44.5 Å². The summed E-state index contributed by atoms with van der Waals surface area (Å²) in [5.41, 5.74) is 2.60. The van der Waals surface area contributed by atoms with Crippen LogP contribution in [0.15, 0.2) is 71.2 Å². The second-order valence-electron chi connectivity index (χ2n) is 7.10. The maximum absolute atomic E-state index is 14.0. The Morgan fingerprint density at radius 3 is 2.62 bits per heavy atom. The SMILES string of the molecule is CCC(OC(=O)c1ccc2nc(-c3ccccc3)[nH]c2c1)C(=O)Nc1ccc(Br)cc1F. The number of carbonyl (C=O) groups excluding carboxylic acids is 2. The molecule has 0 saturated heterocycles. The molecule has 0 fully saturated rings. The van der Waals surface area contributed by atoms with Gasteiger partial charge in [-0.3, -0.25) is 4.79 Å². The van der Waals surface area contributed by atoms with Crippen molar-refractivity contribution in [2.75, 3.05) is 5.32 Å². The molecule has 1 amide bonds. The van der Waals surface area contributed by atoms with Gasteiger partial charge in [-0.2, -0.15) is 0 Å². The van der Waals surface area contributed by atoms with Crippen LogP contribution in [-0.2, 0) is 9.53 Å². The van der Waals surface area contributed by atoms with Gasteiger partial charge < -0.3 is 15.0 Å². The van der Waals surface area contributed by atoms with Crippen LogP contribution in [0, 0.1) is 5.82 Å². The van der Waals surface area contributed by atoms with Crippen LogP contribution in [0.25, 0.3) is 22.4 Å². The number of benzene rings is 3. The first-order chi connectivity index (χ1) is 15.4. The second-order valence-corrected chi connectivity index (χ2v) is 8.01. The number of carbonyl (C=O) groups is 2. The van der Waals surface area contributed by atoms with Gasteiger partial charge in [-0.1, -0.05) is 53.2 Å². The predicted octanol–water partition coefficient (Wildman–Crippen LogP) is 5.71. The lowest BCUT2D eigenvalue weighted by Crippen LogP contribution is -2.32. The van der Waals surface area contributed by atoms with Gasteiger partial charge in [0.15, 0.2) is 6.10 Å². The van der Waals surface area contributed by atoms with E-state index in [9.17, 15) is 14.0 Å². The molecule has 0 saturated carbocycles. The largest absolute Gasteiger partial charge is 0.449 e. The number of amides is 1. The van der Waals surface area contributed by atoms with Crippen LogP contribution in [0.2, 0.25) is 0 Å². The standard InChI is InChI=1S/C24H19BrFN3O3/c1-2-21(23(30)29-18-11-9-16(25)13-17(18)26)32-24(31)15-8-10-19-20(12-15)28-22(27-19)14-6-4-3-5-7-14/h3-13,21H,2H2,1H3,(H,27,28)(H,29,30). The third-order valence-electron chi connectivity index (χ3n) is 4.87. The van der Waals surface area contributed by atoms with Gasteiger partial charge in [0.25, 0.3) is 5.91 Å². The van der Waals surface area contributed by atoms with Crippen LogP contribution in [0.4, 0.5) is 10.1 Å². The molecule has 3 aromatic carbocycles. The number of aromatic nitrogens is 2. The predicted molar refractivity (Wildman–Crippen MR) is 124 cm³/mol. The number of esters is 1. The van der Waals surface area contributed by atoms with E-state index in [1.54, 1.807) is 31.2 Å². The number of aromatic amines is 1. The molecule has 1 unspecified atom stereocenters. The highest BCUT2D eigenvalue weighted by atomic mass is 79.9. The first-order valence-electron chi connectivity index (χ1n) is 9.96. The monoisotopic (exact) mass is 495 g/mol. The normalized spacial score (nSPS) is 11.8. The zero-order valence-electron chi connectivity index (χ0n) is 17.1. The van der Waals surface area contributed by atoms with E-state index in [2.05, 4.69) is 31.2 Å². The molecule has 162 valence electrons. The summed E-state index contributed by atoms with van der Waals surface area (Å²) < 4.78 is 20.0. The zero-order chi connectivity index (χ0) is 22.7. The maximum atomic E-state index is 14.0. The Bertz CT molecular complexity index is 1290. The van der Waals surface area contributed by atoms with Crippen molar-refractivity contribution in [2.45, 2.75) is 19.4 Å². The summed E-state index contributed by atoms with van der Waals surface area (Å²) >= 11 is 3.17. The van der Waals surface area contributed by atoms with Crippen molar-refractivity contribution < 1.29 is 18.7 Å². The molecular formula is C24H19BrFN3O3. The average Bonchev–Trinajstić information content (AvgIpc) is 3.23. The third kappa shape index (κ3) is 4.70. The minimum atomic E-state index is -1.07. The van der Waals surface area contributed by atoms with Crippen molar-refractivity contribution in [3.05, 3.63) is 82.6 Å². The summed E-state index contributed by atoms with van der Waals surface area (Å²) in [6.07, 6.45) is -0.830. The molecule has 2 N–H and O–H groups in total. The molecule has 4 rings (SSSR count). The van der Waals surface area contributed by atoms with Crippen LogP contribution in [0.3, 0.4) is 0 Å². The Balaban J connectivity index is 1.49. The summed E-state index contributed by atoms with van der Waals surface area (Å²) in [6, 6.07) is 18.9. The van der Waals surface area contributed by atoms with E-state index in [0.29, 0.717) is 21.3 Å². The summed E-state index contributed by atoms with van der Waals surface area (Å²) in [5.74, 6) is -1.15. The molecule has 0 bridgehead atoms. The minimum Gasteiger partial charge on any atom is -0.449 e. The number of hydrogen-bond donors (Lipinski definition) is 2. The Hall–Kier alpha value is -3.52. The van der Waals surface area contributed by atoms with Crippen molar-refractivity contribution in [1.82, 2.24) is 9.97 Å². The highest BCUT2D eigenvalue weighted by Gasteiger charge is 2.23. The lowest BCUT2D eigenvalue weighted by Gasteiger charge is -2.16. The number of anilines is 1. The lowest BCUT2D eigenvalue weighted by molar-refractivity contribution is -0.124. The number of ether oxygens (including phenoxy) is 1. The summed E-state index contributed by atoms with van der Waals surface area (Å²) in [6.45, 7) is 1.71. The molecule has 32 heavy (non-hydrogen) atoms. The lowest BCUT2D eigenvalue weighted by atomic mass is 10.2. The number of rotatable bonds is 6. The van der Waals surface area contributed by atoms with Gasteiger partial charge in [0, 0.05) is 10.0 Å². The quantitative estimate of drug-likeness (QED) is 0.335. The Kier molecular flexibility index (Phi) is 6.32. The van der Waals surface area contributed by atoms with E-state index in [1.165, 1.54) is 12.1 Å². The molecule has 0 aliphatic carbocycles. The van der Waals surface area contributed by atoms with E-state index in [0.717, 1.165) is 5.56 Å². The minimum absolute atomic E-state index is 0.0139. The molecule has 8 heteroatoms. The molecule has 0 aliphatic rings. The van der Waals surface area contributed by atoms with Gasteiger partial charge in [0.2, 0.25) is 0 Å². The van der Waals surface area contributed by atoms with E-state index in [-0.39, 0.29) is 17.7 Å². The fraction of sp³-hybridized carbons (Fsp3) is 0.125. The number of imidazole rings is 1. The Labute approximate surface area is 192 Å². The number of nitrogens with zero attached hydrogens (tertiary/aromatic N) is 1. The molecule has 6 nitrogen and oxygen atoms in total. The van der Waals surface area contributed by atoms with E-state index in [4.69, 9.17) is 4.74 Å². The first-order valence-corrected chi connectivity index (χ1v) is 10.8. The van der Waals surface area contributed by atoms with Gasteiger partial charge in [-0.25, -0.2) is 14.2 Å². The van der Waals surface area contributed by atoms with E-state index >= 15 is 0 Å². The van der Waals surface area contributed by atoms with Crippen molar-refractivity contribution in [3.8, 4) is 11.4 Å². The Morgan fingerprint density at radius 1 is 1.12 bits per heavy atom. The van der Waals surface area contributed by atoms with Crippen LogP contribution in [0.1, 0.15) is 23.7 Å². The topological polar surface area (TPSA) is 84.1 Å². The summed E-state index contributed by atoms with van der Waals surface area (Å²) in [7, 11) is 0. The summed E-state index contributed by atoms with van der Waals surface area (Å²) in [4.78, 5) is 33.0. The zero-order valence-corrected chi connectivity index (χ0v) is 18.6. The fourth-order valence-electron chi connectivity index (χ4n) is 3.19. The van der Waals surface area contributed by atoms with Crippen LogP contribution in [0.5, 0.6) is 0 Å². The number of nitrogens with one attached hydrogen (secondary N) is 2. The number of halogens is 2. The third-order valence-corrected chi connectivity index (χ3v) is 5.36. The fourth-order valence-corrected chi connectivity index (χ4v) is 3.53. The highest BCUT2D eigenvalue weighted by Crippen LogP contribution is 2.23. The van der Waals surface area contributed by atoms with Gasteiger partial charge in [-0.05, 0) is 42.8 Å². The van der Waals surface area contributed by atoms with E-state index < -0.39 is 23.8 Å². The molecule has 0 spiro atoms. The highest BCUT2D eigenvalue weighted by molar-refractivity contribution is 9.10. The van der Waals surface area contributed by atoms with Gasteiger partial charge in [0.05, 0.1) is 22.3 Å².